The van der Waals surface area contributed by atoms with Crippen molar-refractivity contribution in [2.75, 3.05) is 38.0 Å². The monoisotopic (exact) mass is 457 g/mol. The number of para-hydroxylation sites is 3. The number of amides is 1. The summed E-state index contributed by atoms with van der Waals surface area (Å²) in [6.45, 7) is 1.91. The zero-order chi connectivity index (χ0) is 21.7. The van der Waals surface area contributed by atoms with Gasteiger partial charge in [0.1, 0.15) is 9.96 Å². The van der Waals surface area contributed by atoms with Crippen LogP contribution >= 0.6 is 11.3 Å². The maximum absolute atomic E-state index is 12.6. The molecule has 2 heterocycles. The van der Waals surface area contributed by atoms with E-state index in [1.807, 2.05) is 47.4 Å². The minimum absolute atomic E-state index is 0.168. The molecule has 1 N–H and O–H groups in total. The predicted molar refractivity (Wildman–Crippen MR) is 121 cm³/mol. The van der Waals surface area contributed by atoms with Crippen molar-refractivity contribution in [2.45, 2.75) is 4.21 Å². The summed E-state index contributed by atoms with van der Waals surface area (Å²) in [6.07, 6.45) is 0. The van der Waals surface area contributed by atoms with Crippen molar-refractivity contribution in [3.63, 3.8) is 0 Å². The maximum atomic E-state index is 12.6. The molecule has 0 spiro atoms. The lowest BCUT2D eigenvalue weighted by Gasteiger charge is -2.33. The first kappa shape index (κ1) is 21.5. The number of sulfonamides is 1. The number of nitrogens with zero attached hydrogens (tertiary/aromatic N) is 2. The van der Waals surface area contributed by atoms with Crippen molar-refractivity contribution >= 4 is 33.0 Å². The molecule has 7 nitrogen and oxygen atoms in total. The first-order valence-corrected chi connectivity index (χ1v) is 12.2. The van der Waals surface area contributed by atoms with Gasteiger partial charge in [0.25, 0.3) is 10.0 Å². The van der Waals surface area contributed by atoms with Gasteiger partial charge in [-0.2, -0.15) is 4.31 Å². The number of benzene rings is 2. The molecule has 3 aromatic rings. The molecule has 0 unspecified atom stereocenters. The number of hydrogen-bond acceptors (Lipinski definition) is 6. The maximum Gasteiger partial charge on any atom is 0.252 e. The Hall–Kier alpha value is -2.72. The van der Waals surface area contributed by atoms with E-state index in [0.717, 1.165) is 0 Å². The van der Waals surface area contributed by atoms with Gasteiger partial charge in [0.2, 0.25) is 5.91 Å². The molecule has 1 aliphatic heterocycles. The molecule has 2 aromatic carbocycles. The third-order valence-electron chi connectivity index (χ3n) is 4.92. The molecule has 0 saturated carbocycles. The normalized spacial score (nSPS) is 15.5. The summed E-state index contributed by atoms with van der Waals surface area (Å²) < 4.78 is 33.0. The molecular weight excluding hydrogens is 434 g/mol. The fraction of sp³-hybridized carbons (Fsp3) is 0.227. The van der Waals surface area contributed by atoms with Gasteiger partial charge in [-0.3, -0.25) is 9.69 Å². The predicted octanol–water partition coefficient (Wildman–Crippen LogP) is 3.49. The van der Waals surface area contributed by atoms with E-state index >= 15 is 0 Å². The van der Waals surface area contributed by atoms with Crippen LogP contribution in [0.2, 0.25) is 0 Å². The summed E-state index contributed by atoms with van der Waals surface area (Å²) in [5, 5.41) is 4.66. The van der Waals surface area contributed by atoms with Crippen LogP contribution < -0.4 is 10.1 Å². The standard InChI is InChI=1S/C22H23N3O4S2/c26-21(23-19-9-4-5-10-20(19)29-18-7-2-1-3-8-18)17-24-12-14-25(15-13-24)31(27,28)22-11-6-16-30-22/h1-11,16H,12-15,17H2,(H,23,26). The molecule has 0 bridgehead atoms. The topological polar surface area (TPSA) is 79.0 Å². The second-order valence-corrected chi connectivity index (χ2v) is 10.2. The van der Waals surface area contributed by atoms with Gasteiger partial charge < -0.3 is 10.1 Å². The highest BCUT2D eigenvalue weighted by molar-refractivity contribution is 7.91. The van der Waals surface area contributed by atoms with Crippen molar-refractivity contribution in [3.05, 3.63) is 72.1 Å². The van der Waals surface area contributed by atoms with Gasteiger partial charge in [-0.1, -0.05) is 36.4 Å². The summed E-state index contributed by atoms with van der Waals surface area (Å²) in [7, 11) is -3.45. The number of nitrogens with one attached hydrogen (secondary N) is 1. The number of carbonyl (C=O) groups is 1. The summed E-state index contributed by atoms with van der Waals surface area (Å²) in [5.74, 6) is 1.08. The number of thiophene rings is 1. The minimum atomic E-state index is -3.45. The smallest absolute Gasteiger partial charge is 0.252 e. The van der Waals surface area contributed by atoms with Gasteiger partial charge in [0, 0.05) is 26.2 Å². The van der Waals surface area contributed by atoms with E-state index in [1.54, 1.807) is 29.6 Å². The van der Waals surface area contributed by atoms with Crippen LogP contribution in [-0.4, -0.2) is 56.3 Å². The molecular formula is C22H23N3O4S2. The van der Waals surface area contributed by atoms with Crippen molar-refractivity contribution in [1.82, 2.24) is 9.21 Å². The Morgan fingerprint density at radius 3 is 2.35 bits per heavy atom. The highest BCUT2D eigenvalue weighted by atomic mass is 32.2. The quantitative estimate of drug-likeness (QED) is 0.588. The lowest BCUT2D eigenvalue weighted by molar-refractivity contribution is -0.117. The number of piperazine rings is 1. The van der Waals surface area contributed by atoms with Gasteiger partial charge in [-0.25, -0.2) is 8.42 Å². The van der Waals surface area contributed by atoms with Crippen molar-refractivity contribution in [1.29, 1.82) is 0 Å². The number of carbonyl (C=O) groups excluding carboxylic acids is 1. The van der Waals surface area contributed by atoms with E-state index in [0.29, 0.717) is 47.6 Å². The third kappa shape index (κ3) is 5.31. The highest BCUT2D eigenvalue weighted by Crippen LogP contribution is 2.29. The first-order valence-electron chi connectivity index (χ1n) is 9.90. The van der Waals surface area contributed by atoms with Crippen molar-refractivity contribution in [2.24, 2.45) is 0 Å². The molecule has 0 atom stereocenters. The van der Waals surface area contributed by atoms with Gasteiger partial charge in [0.05, 0.1) is 12.2 Å². The molecule has 1 amide bonds. The Balaban J connectivity index is 1.32. The Morgan fingerprint density at radius 1 is 0.935 bits per heavy atom. The van der Waals surface area contributed by atoms with E-state index in [9.17, 15) is 13.2 Å². The average Bonchev–Trinajstić information content (AvgIpc) is 3.32. The van der Waals surface area contributed by atoms with Crippen LogP contribution in [0.1, 0.15) is 0 Å². The van der Waals surface area contributed by atoms with Crippen molar-refractivity contribution in [3.8, 4) is 11.5 Å². The summed E-state index contributed by atoms with van der Waals surface area (Å²) in [6, 6.07) is 20.0. The number of anilines is 1. The van der Waals surface area contributed by atoms with Gasteiger partial charge >= 0.3 is 0 Å². The molecule has 162 valence electrons. The molecule has 0 aliphatic carbocycles. The summed E-state index contributed by atoms with van der Waals surface area (Å²) >= 11 is 1.22. The second kappa shape index (κ2) is 9.61. The van der Waals surface area contributed by atoms with E-state index < -0.39 is 10.0 Å². The molecule has 9 heteroatoms. The molecule has 1 aromatic heterocycles. The van der Waals surface area contributed by atoms with Gasteiger partial charge in [-0.05, 0) is 35.7 Å². The Kier molecular flexibility index (Phi) is 6.67. The van der Waals surface area contributed by atoms with Crippen LogP contribution in [0.25, 0.3) is 0 Å². The zero-order valence-electron chi connectivity index (χ0n) is 16.8. The van der Waals surface area contributed by atoms with Crippen LogP contribution in [0.5, 0.6) is 11.5 Å². The van der Waals surface area contributed by atoms with Crippen molar-refractivity contribution < 1.29 is 17.9 Å². The minimum Gasteiger partial charge on any atom is -0.455 e. The fourth-order valence-electron chi connectivity index (χ4n) is 3.33. The van der Waals surface area contributed by atoms with E-state index in [4.69, 9.17) is 4.74 Å². The fourth-order valence-corrected chi connectivity index (χ4v) is 5.90. The molecule has 1 fully saturated rings. The highest BCUT2D eigenvalue weighted by Gasteiger charge is 2.29. The first-order chi connectivity index (χ1) is 15.0. The Morgan fingerprint density at radius 2 is 1.65 bits per heavy atom. The van der Waals surface area contributed by atoms with E-state index in [1.165, 1.54) is 15.6 Å². The molecule has 0 radical (unpaired) electrons. The SMILES string of the molecule is O=C(CN1CCN(S(=O)(=O)c2cccs2)CC1)Nc1ccccc1Oc1ccccc1. The molecule has 4 rings (SSSR count). The lowest BCUT2D eigenvalue weighted by Crippen LogP contribution is -2.50. The third-order valence-corrected chi connectivity index (χ3v) is 8.19. The number of rotatable bonds is 7. The lowest BCUT2D eigenvalue weighted by atomic mass is 10.2. The van der Waals surface area contributed by atoms with E-state index in [-0.39, 0.29) is 12.5 Å². The van der Waals surface area contributed by atoms with Gasteiger partial charge in [-0.15, -0.1) is 11.3 Å². The van der Waals surface area contributed by atoms with E-state index in [2.05, 4.69) is 5.32 Å². The Labute approximate surface area is 185 Å². The van der Waals surface area contributed by atoms with Crippen LogP contribution in [0.4, 0.5) is 5.69 Å². The molecule has 1 saturated heterocycles. The largest absolute Gasteiger partial charge is 0.455 e. The van der Waals surface area contributed by atoms with Crippen LogP contribution in [0.15, 0.2) is 76.3 Å². The van der Waals surface area contributed by atoms with Crippen LogP contribution in [0, 0.1) is 0 Å². The average molecular weight is 458 g/mol. The molecule has 31 heavy (non-hydrogen) atoms. The number of hydrogen-bond donors (Lipinski definition) is 1. The van der Waals surface area contributed by atoms with Crippen LogP contribution in [-0.2, 0) is 14.8 Å². The summed E-state index contributed by atoms with van der Waals surface area (Å²) in [5.41, 5.74) is 0.593. The number of ether oxygens (including phenoxy) is 1. The Bertz CT molecular complexity index is 1110. The zero-order valence-corrected chi connectivity index (χ0v) is 18.4. The van der Waals surface area contributed by atoms with Crippen LogP contribution in [0.3, 0.4) is 0 Å². The van der Waals surface area contributed by atoms with Gasteiger partial charge in [0.15, 0.2) is 5.75 Å². The summed E-state index contributed by atoms with van der Waals surface area (Å²) in [4.78, 5) is 14.6. The molecule has 1 aliphatic rings. The second-order valence-electron chi connectivity index (χ2n) is 7.07.